The smallest absolute Gasteiger partial charge is 0.123 e. The number of unbranched alkanes of at least 4 members (excludes halogenated alkanes) is 1. The van der Waals surface area contributed by atoms with Crippen molar-refractivity contribution in [1.29, 1.82) is 0 Å². The van der Waals surface area contributed by atoms with Crippen LogP contribution in [0.15, 0.2) is 30.3 Å². The van der Waals surface area contributed by atoms with Gasteiger partial charge in [-0.1, -0.05) is 65.3 Å². The third-order valence-electron chi connectivity index (χ3n) is 4.50. The Morgan fingerprint density at radius 2 is 1.81 bits per heavy atom. The fraction of sp³-hybridized carbons (Fsp3) is 0.435. The van der Waals surface area contributed by atoms with Crippen LogP contribution in [-0.2, 0) is 6.61 Å². The molecule has 2 nitrogen and oxygen atoms in total. The summed E-state index contributed by atoms with van der Waals surface area (Å²) in [7, 11) is 0. The van der Waals surface area contributed by atoms with Crippen molar-refractivity contribution in [2.45, 2.75) is 65.9 Å². The number of aliphatic hydroxyl groups excluding tert-OH is 1. The molecular weight excluding hydrogens is 325 g/mol. The van der Waals surface area contributed by atoms with Crippen LogP contribution in [0.1, 0.15) is 81.8 Å². The zero-order valence-electron chi connectivity index (χ0n) is 16.5. The van der Waals surface area contributed by atoms with E-state index in [-0.39, 0.29) is 24.3 Å². The van der Waals surface area contributed by atoms with Gasteiger partial charge in [-0.15, -0.1) is 0 Å². The summed E-state index contributed by atoms with van der Waals surface area (Å²) in [5.74, 6) is 0.133. The Balaban J connectivity index is 2.89. The molecule has 1 N–H and O–H groups in total. The Hall–Kier alpha value is -2.00. The number of halogens is 1. The monoisotopic (exact) mass is 355 g/mol. The van der Waals surface area contributed by atoms with Crippen molar-refractivity contribution in [3.63, 3.8) is 0 Å². The Bertz CT molecular complexity index is 778. The van der Waals surface area contributed by atoms with Crippen LogP contribution in [0.25, 0.3) is 17.2 Å². The molecule has 0 saturated heterocycles. The Morgan fingerprint density at radius 1 is 1.12 bits per heavy atom. The fourth-order valence-corrected chi connectivity index (χ4v) is 3.26. The van der Waals surface area contributed by atoms with Gasteiger partial charge in [0.2, 0.25) is 0 Å². The minimum Gasteiger partial charge on any atom is -0.392 e. The maximum Gasteiger partial charge on any atom is 0.123 e. The molecule has 1 aromatic carbocycles. The molecule has 0 fully saturated rings. The van der Waals surface area contributed by atoms with Gasteiger partial charge in [-0.05, 0) is 41.5 Å². The van der Waals surface area contributed by atoms with E-state index in [1.165, 1.54) is 6.07 Å². The van der Waals surface area contributed by atoms with Crippen LogP contribution >= 0.6 is 0 Å². The maximum absolute atomic E-state index is 13.9. The number of hydrogen-bond acceptors (Lipinski definition) is 2. The summed E-state index contributed by atoms with van der Waals surface area (Å²) in [6, 6.07) is 6.61. The number of aliphatic hydroxyl groups is 1. The van der Waals surface area contributed by atoms with E-state index in [4.69, 9.17) is 4.98 Å². The highest BCUT2D eigenvalue weighted by molar-refractivity contribution is 5.80. The van der Waals surface area contributed by atoms with Crippen LogP contribution in [0.4, 0.5) is 4.39 Å². The molecule has 0 saturated carbocycles. The molecule has 140 valence electrons. The van der Waals surface area contributed by atoms with Crippen LogP contribution in [0, 0.1) is 5.82 Å². The van der Waals surface area contributed by atoms with Crippen molar-refractivity contribution >= 4 is 6.08 Å². The number of aromatic nitrogens is 1. The maximum atomic E-state index is 13.9. The Morgan fingerprint density at radius 3 is 2.35 bits per heavy atom. The molecule has 0 unspecified atom stereocenters. The SMILES string of the molecule is CCCC=Cc1c(C(C)C)nc(C(C)C)c(CO)c1-c1cccc(F)c1. The van der Waals surface area contributed by atoms with Gasteiger partial charge in [-0.25, -0.2) is 4.39 Å². The average Bonchev–Trinajstić information content (AvgIpc) is 2.60. The molecule has 2 aromatic rings. The first-order valence-electron chi connectivity index (χ1n) is 9.50. The van der Waals surface area contributed by atoms with Gasteiger partial charge in [-0.3, -0.25) is 4.98 Å². The molecule has 0 radical (unpaired) electrons. The van der Waals surface area contributed by atoms with Crippen LogP contribution < -0.4 is 0 Å². The quantitative estimate of drug-likeness (QED) is 0.620. The number of hydrogen-bond donors (Lipinski definition) is 1. The molecule has 1 heterocycles. The predicted molar refractivity (Wildman–Crippen MR) is 108 cm³/mol. The van der Waals surface area contributed by atoms with Crippen molar-refractivity contribution in [2.75, 3.05) is 0 Å². The van der Waals surface area contributed by atoms with Gasteiger partial charge in [0, 0.05) is 16.8 Å². The van der Waals surface area contributed by atoms with Gasteiger partial charge in [0.15, 0.2) is 0 Å². The second-order valence-corrected chi connectivity index (χ2v) is 7.32. The minimum absolute atomic E-state index is 0.112. The highest BCUT2D eigenvalue weighted by Gasteiger charge is 2.22. The predicted octanol–water partition coefficient (Wildman–Crippen LogP) is 6.44. The zero-order valence-corrected chi connectivity index (χ0v) is 16.5. The zero-order chi connectivity index (χ0) is 19.3. The van der Waals surface area contributed by atoms with E-state index in [9.17, 15) is 9.50 Å². The van der Waals surface area contributed by atoms with E-state index in [0.29, 0.717) is 0 Å². The largest absolute Gasteiger partial charge is 0.392 e. The third kappa shape index (κ3) is 4.39. The van der Waals surface area contributed by atoms with E-state index in [1.807, 2.05) is 6.07 Å². The second-order valence-electron chi connectivity index (χ2n) is 7.32. The van der Waals surface area contributed by atoms with Gasteiger partial charge in [0.05, 0.1) is 12.3 Å². The average molecular weight is 355 g/mol. The summed E-state index contributed by atoms with van der Waals surface area (Å²) in [4.78, 5) is 4.92. The first kappa shape index (κ1) is 20.3. The van der Waals surface area contributed by atoms with Crippen molar-refractivity contribution < 1.29 is 9.50 Å². The molecule has 26 heavy (non-hydrogen) atoms. The third-order valence-corrected chi connectivity index (χ3v) is 4.50. The van der Waals surface area contributed by atoms with Gasteiger partial charge in [0.25, 0.3) is 0 Å². The summed E-state index contributed by atoms with van der Waals surface area (Å²) in [5, 5.41) is 10.1. The second kappa shape index (κ2) is 9.09. The number of pyridine rings is 1. The number of benzene rings is 1. The normalized spacial score (nSPS) is 11.9. The van der Waals surface area contributed by atoms with E-state index in [1.54, 1.807) is 12.1 Å². The number of rotatable bonds is 7. The first-order valence-corrected chi connectivity index (χ1v) is 9.50. The van der Waals surface area contributed by atoms with E-state index >= 15 is 0 Å². The summed E-state index contributed by atoms with van der Waals surface area (Å²) in [6.07, 6.45) is 6.27. The standard InChI is InChI=1S/C23H30FNO/c1-6-7-8-12-19-21(17-10-9-11-18(24)13-17)20(14-26)23(16(4)5)25-22(19)15(2)3/h8-13,15-16,26H,6-7,14H2,1-5H3. The lowest BCUT2D eigenvalue weighted by Crippen LogP contribution is -2.10. The van der Waals surface area contributed by atoms with Crippen LogP contribution in [-0.4, -0.2) is 10.1 Å². The van der Waals surface area contributed by atoms with Crippen molar-refractivity contribution in [3.05, 3.63) is 58.7 Å². The lowest BCUT2D eigenvalue weighted by atomic mass is 9.87. The lowest BCUT2D eigenvalue weighted by molar-refractivity contribution is 0.280. The molecule has 0 amide bonds. The van der Waals surface area contributed by atoms with E-state index < -0.39 is 0 Å². The molecule has 0 aliphatic carbocycles. The number of nitrogens with zero attached hydrogens (tertiary/aromatic N) is 1. The van der Waals surface area contributed by atoms with Gasteiger partial charge >= 0.3 is 0 Å². The summed E-state index contributed by atoms with van der Waals surface area (Å²) in [5.41, 5.74) is 5.37. The van der Waals surface area contributed by atoms with Crippen LogP contribution in [0.2, 0.25) is 0 Å². The van der Waals surface area contributed by atoms with Gasteiger partial charge in [0.1, 0.15) is 5.82 Å². The van der Waals surface area contributed by atoms with E-state index in [2.05, 4.69) is 46.8 Å². The lowest BCUT2D eigenvalue weighted by Gasteiger charge is -2.23. The topological polar surface area (TPSA) is 33.1 Å². The summed E-state index contributed by atoms with van der Waals surface area (Å²) in [6.45, 7) is 10.4. The van der Waals surface area contributed by atoms with Gasteiger partial charge < -0.3 is 5.11 Å². The Kier molecular flexibility index (Phi) is 7.10. The van der Waals surface area contributed by atoms with E-state index in [0.717, 1.165) is 46.5 Å². The number of allylic oxidation sites excluding steroid dienone is 1. The van der Waals surface area contributed by atoms with Gasteiger partial charge in [-0.2, -0.15) is 0 Å². The molecule has 0 aliphatic heterocycles. The first-order chi connectivity index (χ1) is 12.4. The molecule has 1 aromatic heterocycles. The molecule has 3 heteroatoms. The molecule has 0 aliphatic rings. The van der Waals surface area contributed by atoms with Crippen molar-refractivity contribution in [1.82, 2.24) is 4.98 Å². The van der Waals surface area contributed by atoms with Crippen LogP contribution in [0.5, 0.6) is 0 Å². The fourth-order valence-electron chi connectivity index (χ4n) is 3.26. The Labute approximate surface area is 156 Å². The highest BCUT2D eigenvalue weighted by Crippen LogP contribution is 2.37. The molecular formula is C23H30FNO. The molecule has 2 rings (SSSR count). The van der Waals surface area contributed by atoms with Crippen molar-refractivity contribution in [2.24, 2.45) is 0 Å². The van der Waals surface area contributed by atoms with Crippen LogP contribution in [0.3, 0.4) is 0 Å². The summed E-state index contributed by atoms with van der Waals surface area (Å²) < 4.78 is 13.9. The summed E-state index contributed by atoms with van der Waals surface area (Å²) >= 11 is 0. The molecule has 0 bridgehead atoms. The molecule has 0 atom stereocenters. The van der Waals surface area contributed by atoms with Crippen molar-refractivity contribution in [3.8, 4) is 11.1 Å². The minimum atomic E-state index is -0.274. The molecule has 0 spiro atoms. The highest BCUT2D eigenvalue weighted by atomic mass is 19.1.